The Bertz CT molecular complexity index is 1440. The lowest BCUT2D eigenvalue weighted by molar-refractivity contribution is -0.113. The van der Waals surface area contributed by atoms with Crippen molar-refractivity contribution in [2.45, 2.75) is 4.90 Å². The van der Waals surface area contributed by atoms with Gasteiger partial charge in [-0.1, -0.05) is 53.8 Å². The van der Waals surface area contributed by atoms with Gasteiger partial charge in [0.2, 0.25) is 0 Å². The number of aromatic nitrogens is 1. The van der Waals surface area contributed by atoms with Crippen LogP contribution in [-0.2, 0) is 4.79 Å². The van der Waals surface area contributed by atoms with Crippen molar-refractivity contribution in [3.05, 3.63) is 95.2 Å². The van der Waals surface area contributed by atoms with Crippen molar-refractivity contribution in [2.24, 2.45) is 4.99 Å². The minimum atomic E-state index is -1.01. The Morgan fingerprint density at radius 3 is 2.52 bits per heavy atom. The van der Waals surface area contributed by atoms with Gasteiger partial charge in [-0.3, -0.25) is 4.79 Å². The maximum atomic E-state index is 13.5. The molecule has 1 aliphatic rings. The summed E-state index contributed by atoms with van der Waals surface area (Å²) in [5, 5.41) is 9.74. The number of benzene rings is 3. The molecule has 0 radical (unpaired) electrons. The summed E-state index contributed by atoms with van der Waals surface area (Å²) < 4.78 is 0.690. The van der Waals surface area contributed by atoms with Gasteiger partial charge in [0, 0.05) is 10.5 Å². The Labute approximate surface area is 197 Å². The third-order valence-electron chi connectivity index (χ3n) is 5.13. The van der Waals surface area contributed by atoms with Gasteiger partial charge in [-0.05, 0) is 48.2 Å². The number of anilines is 1. The largest absolute Gasteiger partial charge is 0.478 e. The molecule has 0 saturated heterocycles. The fraction of sp³-hybridized carbons (Fsp3) is 0.0400. The first-order valence-electron chi connectivity index (χ1n) is 10.0. The molecule has 33 heavy (non-hydrogen) atoms. The van der Waals surface area contributed by atoms with E-state index < -0.39 is 5.97 Å². The van der Waals surface area contributed by atoms with E-state index >= 15 is 0 Å². The van der Waals surface area contributed by atoms with E-state index in [2.05, 4.69) is 9.98 Å². The quantitative estimate of drug-likeness (QED) is 0.305. The van der Waals surface area contributed by atoms with Gasteiger partial charge in [-0.2, -0.15) is 0 Å². The Morgan fingerprint density at radius 1 is 1.06 bits per heavy atom. The highest BCUT2D eigenvalue weighted by Gasteiger charge is 2.34. The zero-order valence-corrected chi connectivity index (χ0v) is 19.1. The summed E-state index contributed by atoms with van der Waals surface area (Å²) in [7, 11) is 0. The Balaban J connectivity index is 1.60. The monoisotopic (exact) mass is 471 g/mol. The number of carboxylic acid groups (broad SMARTS) is 1. The number of carboxylic acids is 1. The molecular weight excluding hydrogens is 454 g/mol. The number of nitrogens with zero attached hydrogens (tertiary/aromatic N) is 3. The van der Waals surface area contributed by atoms with E-state index in [1.807, 2.05) is 60.9 Å². The summed E-state index contributed by atoms with van der Waals surface area (Å²) >= 11 is 2.92. The van der Waals surface area contributed by atoms with Crippen LogP contribution in [0.1, 0.15) is 21.5 Å². The van der Waals surface area contributed by atoms with Crippen LogP contribution in [0.25, 0.3) is 16.3 Å². The normalized spacial score (nSPS) is 14.8. The summed E-state index contributed by atoms with van der Waals surface area (Å²) in [6, 6.07) is 22.1. The number of carbonyl (C=O) groups is 2. The molecule has 0 saturated carbocycles. The predicted molar refractivity (Wildman–Crippen MR) is 133 cm³/mol. The number of amidine groups is 1. The topological polar surface area (TPSA) is 82.9 Å². The predicted octanol–water partition coefficient (Wildman–Crippen LogP) is 5.55. The molecular formula is C25H17N3O3S2. The summed E-state index contributed by atoms with van der Waals surface area (Å²) in [5.41, 5.74) is 2.79. The molecule has 4 aromatic rings. The fourth-order valence-corrected chi connectivity index (χ4v) is 4.89. The molecule has 1 aliphatic heterocycles. The molecule has 5 rings (SSSR count). The van der Waals surface area contributed by atoms with Crippen molar-refractivity contribution in [3.8, 4) is 0 Å². The number of hydrogen-bond acceptors (Lipinski definition) is 6. The summed E-state index contributed by atoms with van der Waals surface area (Å²) in [6.45, 7) is 0. The van der Waals surface area contributed by atoms with Crippen LogP contribution < -0.4 is 4.90 Å². The molecule has 162 valence electrons. The number of amides is 1. The molecule has 0 aliphatic carbocycles. The molecule has 2 heterocycles. The van der Waals surface area contributed by atoms with E-state index in [0.29, 0.717) is 26.9 Å². The molecule has 0 bridgehead atoms. The van der Waals surface area contributed by atoms with Crippen LogP contribution >= 0.6 is 23.1 Å². The second kappa shape index (κ2) is 8.65. The number of fused-ring (bicyclic) bond motifs is 1. The van der Waals surface area contributed by atoms with Gasteiger partial charge in [0.25, 0.3) is 5.91 Å². The number of aliphatic imine (C=N–C) groups is 1. The van der Waals surface area contributed by atoms with Crippen LogP contribution in [0.3, 0.4) is 0 Å². The van der Waals surface area contributed by atoms with E-state index in [-0.39, 0.29) is 11.5 Å². The standard InChI is InChI=1S/C25H17N3O3S2/c1-32-18-10-7-15(8-11-18)13-20-23(29)28(22(26-20)16-5-3-2-4-6-16)25-27-19-12-9-17(24(30)31)14-21(19)33-25/h2-14H,1H3,(H,30,31)/b20-13-. The van der Waals surface area contributed by atoms with Crippen molar-refractivity contribution in [1.82, 2.24) is 4.98 Å². The lowest BCUT2D eigenvalue weighted by Gasteiger charge is -2.14. The molecule has 1 aromatic heterocycles. The van der Waals surface area contributed by atoms with E-state index in [9.17, 15) is 14.7 Å². The molecule has 3 aromatic carbocycles. The SMILES string of the molecule is CSc1ccc(/C=C2\N=C(c3ccccc3)N(c3nc4ccc(C(=O)O)cc4s3)C2=O)cc1. The van der Waals surface area contributed by atoms with Crippen molar-refractivity contribution in [1.29, 1.82) is 0 Å². The third-order valence-corrected chi connectivity index (χ3v) is 6.87. The Morgan fingerprint density at radius 2 is 1.82 bits per heavy atom. The van der Waals surface area contributed by atoms with Gasteiger partial charge in [0.1, 0.15) is 11.5 Å². The summed E-state index contributed by atoms with van der Waals surface area (Å²) in [6.07, 6.45) is 3.78. The number of aromatic carboxylic acids is 1. The maximum Gasteiger partial charge on any atom is 0.335 e. The molecule has 1 N–H and O–H groups in total. The molecule has 6 nitrogen and oxygen atoms in total. The molecule has 0 fully saturated rings. The minimum Gasteiger partial charge on any atom is -0.478 e. The van der Waals surface area contributed by atoms with E-state index in [0.717, 1.165) is 16.0 Å². The zero-order chi connectivity index (χ0) is 22.9. The van der Waals surface area contributed by atoms with Gasteiger partial charge < -0.3 is 5.11 Å². The first-order chi connectivity index (χ1) is 16.0. The van der Waals surface area contributed by atoms with Crippen LogP contribution in [-0.4, -0.2) is 34.1 Å². The van der Waals surface area contributed by atoms with Crippen molar-refractivity contribution >= 4 is 62.2 Å². The van der Waals surface area contributed by atoms with Crippen LogP contribution in [0.2, 0.25) is 0 Å². The van der Waals surface area contributed by atoms with Gasteiger partial charge in [0.05, 0.1) is 15.8 Å². The van der Waals surface area contributed by atoms with Crippen molar-refractivity contribution in [3.63, 3.8) is 0 Å². The number of hydrogen-bond donors (Lipinski definition) is 1. The van der Waals surface area contributed by atoms with Crippen LogP contribution in [0, 0.1) is 0 Å². The molecule has 0 spiro atoms. The van der Waals surface area contributed by atoms with Crippen molar-refractivity contribution in [2.75, 3.05) is 11.2 Å². The zero-order valence-electron chi connectivity index (χ0n) is 17.4. The van der Waals surface area contributed by atoms with Gasteiger partial charge in [-0.25, -0.2) is 19.7 Å². The van der Waals surface area contributed by atoms with Crippen LogP contribution in [0.15, 0.2) is 88.4 Å². The number of carbonyl (C=O) groups excluding carboxylic acids is 1. The molecule has 0 unspecified atom stereocenters. The third kappa shape index (κ3) is 4.06. The maximum absolute atomic E-state index is 13.5. The van der Waals surface area contributed by atoms with Gasteiger partial charge in [-0.15, -0.1) is 11.8 Å². The van der Waals surface area contributed by atoms with Crippen LogP contribution in [0.4, 0.5) is 5.13 Å². The minimum absolute atomic E-state index is 0.177. The summed E-state index contributed by atoms with van der Waals surface area (Å²) in [4.78, 5) is 36.7. The lowest BCUT2D eigenvalue weighted by atomic mass is 10.2. The average Bonchev–Trinajstić information content (AvgIpc) is 3.40. The lowest BCUT2D eigenvalue weighted by Crippen LogP contribution is -2.32. The van der Waals surface area contributed by atoms with Crippen LogP contribution in [0.5, 0.6) is 0 Å². The first-order valence-corrected chi connectivity index (χ1v) is 12.1. The number of thioether (sulfide) groups is 1. The second-order valence-electron chi connectivity index (χ2n) is 7.23. The van der Waals surface area contributed by atoms with Gasteiger partial charge >= 0.3 is 5.97 Å². The number of thiazole rings is 1. The average molecular weight is 472 g/mol. The summed E-state index contributed by atoms with van der Waals surface area (Å²) in [5.74, 6) is -0.793. The van der Waals surface area contributed by atoms with E-state index in [1.165, 1.54) is 22.3 Å². The van der Waals surface area contributed by atoms with Gasteiger partial charge in [0.15, 0.2) is 5.13 Å². The highest BCUT2D eigenvalue weighted by Crippen LogP contribution is 2.34. The Hall–Kier alpha value is -3.75. The smallest absolute Gasteiger partial charge is 0.335 e. The fourth-order valence-electron chi connectivity index (χ4n) is 3.47. The second-order valence-corrected chi connectivity index (χ2v) is 9.12. The Kier molecular flexibility index (Phi) is 5.53. The number of rotatable bonds is 5. The van der Waals surface area contributed by atoms with E-state index in [4.69, 9.17) is 0 Å². The molecule has 1 amide bonds. The molecule has 8 heteroatoms. The van der Waals surface area contributed by atoms with E-state index in [1.54, 1.807) is 30.0 Å². The highest BCUT2D eigenvalue weighted by atomic mass is 32.2. The van der Waals surface area contributed by atoms with Crippen molar-refractivity contribution < 1.29 is 14.7 Å². The first kappa shape index (κ1) is 21.1. The molecule has 0 atom stereocenters. The highest BCUT2D eigenvalue weighted by molar-refractivity contribution is 7.98.